The average molecular weight is 424 g/mol. The minimum atomic E-state index is -1.08. The molecular weight excluding hydrogens is 406 g/mol. The molecule has 0 saturated heterocycles. The summed E-state index contributed by atoms with van der Waals surface area (Å²) >= 11 is 6.20. The van der Waals surface area contributed by atoms with Gasteiger partial charge in [0.15, 0.2) is 5.82 Å². The van der Waals surface area contributed by atoms with Crippen LogP contribution < -0.4 is 21.7 Å². The number of benzene rings is 1. The number of nitrogens with one attached hydrogen (secondary N) is 3. The topological polar surface area (TPSA) is 138 Å². The summed E-state index contributed by atoms with van der Waals surface area (Å²) in [5.41, 5.74) is 8.42. The second-order valence-corrected chi connectivity index (χ2v) is 6.35. The van der Waals surface area contributed by atoms with Crippen LogP contribution in [0.1, 0.15) is 12.1 Å². The third-order valence-corrected chi connectivity index (χ3v) is 3.99. The molecule has 3 aromatic rings. The molecule has 1 amide bonds. The SMILES string of the molecule is Nc1ccccc1Nc1nc(Nc2ccnc(C#CCCNC(=O)O)c2)ncc1Cl. The van der Waals surface area contributed by atoms with E-state index in [0.29, 0.717) is 46.0 Å². The summed E-state index contributed by atoms with van der Waals surface area (Å²) in [4.78, 5) is 23.2. The molecule has 0 unspecified atom stereocenters. The van der Waals surface area contributed by atoms with Crippen molar-refractivity contribution in [2.45, 2.75) is 6.42 Å². The van der Waals surface area contributed by atoms with E-state index in [1.165, 1.54) is 6.20 Å². The molecule has 0 saturated carbocycles. The molecule has 0 radical (unpaired) electrons. The van der Waals surface area contributed by atoms with E-state index in [4.69, 9.17) is 22.4 Å². The number of carboxylic acid groups (broad SMARTS) is 1. The number of para-hydroxylation sites is 2. The Morgan fingerprint density at radius 1 is 1.20 bits per heavy atom. The molecule has 3 rings (SSSR count). The summed E-state index contributed by atoms with van der Waals surface area (Å²) in [7, 11) is 0. The predicted molar refractivity (Wildman–Crippen MR) is 116 cm³/mol. The molecule has 0 aliphatic heterocycles. The Morgan fingerprint density at radius 3 is 2.83 bits per heavy atom. The Balaban J connectivity index is 1.70. The largest absolute Gasteiger partial charge is 0.465 e. The molecule has 2 heterocycles. The van der Waals surface area contributed by atoms with Crippen molar-refractivity contribution in [3.05, 3.63) is 59.5 Å². The number of anilines is 5. The van der Waals surface area contributed by atoms with Gasteiger partial charge in [0.05, 0.1) is 17.6 Å². The van der Waals surface area contributed by atoms with Gasteiger partial charge in [0.25, 0.3) is 0 Å². The monoisotopic (exact) mass is 423 g/mol. The van der Waals surface area contributed by atoms with E-state index in [1.54, 1.807) is 24.4 Å². The van der Waals surface area contributed by atoms with Crippen molar-refractivity contribution < 1.29 is 9.90 Å². The Morgan fingerprint density at radius 2 is 2.03 bits per heavy atom. The highest BCUT2D eigenvalue weighted by Crippen LogP contribution is 2.27. The standard InChI is InChI=1S/C20H18ClN7O2/c21-15-12-25-19(28-18(15)27-17-7-2-1-6-16(17)22)26-14-8-10-23-13(11-14)5-3-4-9-24-20(29)30/h1-2,6-8,10-12,24H,4,9,22H2,(H,29,30)(H2,23,25,26,27,28). The van der Waals surface area contributed by atoms with Crippen LogP contribution in [0.2, 0.25) is 5.02 Å². The van der Waals surface area contributed by atoms with Crippen molar-refractivity contribution >= 4 is 46.5 Å². The Bertz CT molecular complexity index is 1110. The third-order valence-electron chi connectivity index (χ3n) is 3.72. The predicted octanol–water partition coefficient (Wildman–Crippen LogP) is 3.60. The lowest BCUT2D eigenvalue weighted by molar-refractivity contribution is 0.195. The van der Waals surface area contributed by atoms with Gasteiger partial charge >= 0.3 is 6.09 Å². The number of hydrogen-bond acceptors (Lipinski definition) is 7. The van der Waals surface area contributed by atoms with E-state index in [-0.39, 0.29) is 6.54 Å². The van der Waals surface area contributed by atoms with Gasteiger partial charge in [0.1, 0.15) is 10.7 Å². The molecule has 0 aliphatic rings. The molecule has 10 heteroatoms. The summed E-state index contributed by atoms with van der Waals surface area (Å²) < 4.78 is 0. The first kappa shape index (κ1) is 20.7. The van der Waals surface area contributed by atoms with Crippen molar-refractivity contribution in [3.63, 3.8) is 0 Å². The number of nitrogen functional groups attached to an aromatic ring is 1. The molecular formula is C20H18ClN7O2. The first-order valence-electron chi connectivity index (χ1n) is 8.84. The van der Waals surface area contributed by atoms with E-state index >= 15 is 0 Å². The first-order chi connectivity index (χ1) is 14.5. The minimum absolute atomic E-state index is 0.251. The second-order valence-electron chi connectivity index (χ2n) is 5.94. The zero-order valence-corrected chi connectivity index (χ0v) is 16.4. The van der Waals surface area contributed by atoms with E-state index in [1.807, 2.05) is 18.2 Å². The molecule has 30 heavy (non-hydrogen) atoms. The molecule has 0 atom stereocenters. The van der Waals surface area contributed by atoms with E-state index < -0.39 is 6.09 Å². The number of hydrogen-bond donors (Lipinski definition) is 5. The molecule has 9 nitrogen and oxygen atoms in total. The lowest BCUT2D eigenvalue weighted by Crippen LogP contribution is -2.21. The highest BCUT2D eigenvalue weighted by Gasteiger charge is 2.08. The number of aromatic nitrogens is 3. The fourth-order valence-electron chi connectivity index (χ4n) is 2.34. The molecule has 152 valence electrons. The normalized spacial score (nSPS) is 9.90. The number of rotatable bonds is 6. The van der Waals surface area contributed by atoms with Crippen LogP contribution in [-0.4, -0.2) is 32.7 Å². The fourth-order valence-corrected chi connectivity index (χ4v) is 2.48. The van der Waals surface area contributed by atoms with Crippen molar-refractivity contribution in [1.82, 2.24) is 20.3 Å². The average Bonchev–Trinajstić information content (AvgIpc) is 2.72. The molecule has 6 N–H and O–H groups in total. The van der Waals surface area contributed by atoms with Gasteiger partial charge in [-0.1, -0.05) is 29.7 Å². The third kappa shape index (κ3) is 5.98. The lowest BCUT2D eigenvalue weighted by Gasteiger charge is -2.11. The van der Waals surface area contributed by atoms with Crippen molar-refractivity contribution in [2.24, 2.45) is 0 Å². The van der Waals surface area contributed by atoms with Gasteiger partial charge in [-0.15, -0.1) is 0 Å². The summed E-state index contributed by atoms with van der Waals surface area (Å²) in [6.07, 6.45) is 2.38. The Kier molecular flexibility index (Phi) is 6.87. The van der Waals surface area contributed by atoms with Crippen LogP contribution in [0, 0.1) is 11.8 Å². The van der Waals surface area contributed by atoms with Crippen LogP contribution in [0.5, 0.6) is 0 Å². The number of amides is 1. The van der Waals surface area contributed by atoms with Crippen LogP contribution in [0.4, 0.5) is 33.6 Å². The molecule has 0 fully saturated rings. The summed E-state index contributed by atoms with van der Waals surface area (Å²) in [5.74, 6) is 6.48. The van der Waals surface area contributed by atoms with Crippen molar-refractivity contribution in [3.8, 4) is 11.8 Å². The smallest absolute Gasteiger partial charge is 0.404 e. The molecule has 1 aromatic carbocycles. The number of pyridine rings is 1. The maximum absolute atomic E-state index is 10.4. The zero-order chi connectivity index (χ0) is 21.3. The van der Waals surface area contributed by atoms with Gasteiger partial charge < -0.3 is 26.8 Å². The van der Waals surface area contributed by atoms with Gasteiger partial charge in [-0.2, -0.15) is 4.98 Å². The molecule has 0 bridgehead atoms. The summed E-state index contributed by atoms with van der Waals surface area (Å²) in [6.45, 7) is 0.251. The molecule has 2 aromatic heterocycles. The number of nitrogens with zero attached hydrogens (tertiary/aromatic N) is 3. The number of nitrogens with two attached hydrogens (primary N) is 1. The van der Waals surface area contributed by atoms with Crippen molar-refractivity contribution in [2.75, 3.05) is 22.9 Å². The number of carbonyl (C=O) groups is 1. The van der Waals surface area contributed by atoms with Gasteiger partial charge in [-0.3, -0.25) is 0 Å². The van der Waals surface area contributed by atoms with Crippen LogP contribution in [0.15, 0.2) is 48.8 Å². The number of halogens is 1. The Labute approximate surface area is 177 Å². The van der Waals surface area contributed by atoms with Gasteiger partial charge in [0.2, 0.25) is 5.95 Å². The maximum Gasteiger partial charge on any atom is 0.404 e. The van der Waals surface area contributed by atoms with Crippen LogP contribution >= 0.6 is 11.6 Å². The van der Waals surface area contributed by atoms with Crippen LogP contribution in [-0.2, 0) is 0 Å². The zero-order valence-electron chi connectivity index (χ0n) is 15.7. The van der Waals surface area contributed by atoms with E-state index in [2.05, 4.69) is 42.7 Å². The highest BCUT2D eigenvalue weighted by molar-refractivity contribution is 6.33. The van der Waals surface area contributed by atoms with Gasteiger partial charge in [0, 0.05) is 24.8 Å². The summed E-state index contributed by atoms with van der Waals surface area (Å²) in [6, 6.07) is 10.8. The quantitative estimate of drug-likeness (QED) is 0.230. The highest BCUT2D eigenvalue weighted by atomic mass is 35.5. The first-order valence-corrected chi connectivity index (χ1v) is 9.22. The van der Waals surface area contributed by atoms with Gasteiger partial charge in [-0.05, 0) is 30.2 Å². The minimum Gasteiger partial charge on any atom is -0.465 e. The molecule has 0 spiro atoms. The van der Waals surface area contributed by atoms with Crippen LogP contribution in [0.3, 0.4) is 0 Å². The second kappa shape index (κ2) is 9.95. The summed E-state index contributed by atoms with van der Waals surface area (Å²) in [5, 5.41) is 17.3. The lowest BCUT2D eigenvalue weighted by atomic mass is 10.2. The maximum atomic E-state index is 10.4. The van der Waals surface area contributed by atoms with E-state index in [0.717, 1.165) is 0 Å². The fraction of sp³-hybridized carbons (Fsp3) is 0.100. The molecule has 0 aliphatic carbocycles. The van der Waals surface area contributed by atoms with Crippen LogP contribution in [0.25, 0.3) is 0 Å². The van der Waals surface area contributed by atoms with E-state index in [9.17, 15) is 4.79 Å². The van der Waals surface area contributed by atoms with Gasteiger partial charge in [-0.25, -0.2) is 14.8 Å². The van der Waals surface area contributed by atoms with Crippen molar-refractivity contribution in [1.29, 1.82) is 0 Å². The Hall–Kier alpha value is -4.03.